The van der Waals surface area contributed by atoms with Gasteiger partial charge in [-0.2, -0.15) is 0 Å². The van der Waals surface area contributed by atoms with Gasteiger partial charge in [-0.15, -0.1) is 0 Å². The number of hydrogen-bond acceptors (Lipinski definition) is 3. The molecule has 0 unspecified atom stereocenters. The molecular weight excluding hydrogens is 214 g/mol. The lowest BCUT2D eigenvalue weighted by Crippen LogP contribution is -2.44. The molecule has 1 heterocycles. The van der Waals surface area contributed by atoms with E-state index in [0.717, 1.165) is 19.4 Å². The summed E-state index contributed by atoms with van der Waals surface area (Å²) < 4.78 is 5.53. The first-order valence-electron chi connectivity index (χ1n) is 6.96. The minimum absolute atomic E-state index is 0.0121. The molecule has 0 radical (unpaired) electrons. The van der Waals surface area contributed by atoms with Crippen molar-refractivity contribution in [1.82, 2.24) is 4.90 Å². The molecule has 1 atom stereocenters. The van der Waals surface area contributed by atoms with Crippen LogP contribution in [0.5, 0.6) is 0 Å². The Morgan fingerprint density at radius 3 is 2.35 bits per heavy atom. The van der Waals surface area contributed by atoms with Crippen LogP contribution in [-0.4, -0.2) is 35.1 Å². The summed E-state index contributed by atoms with van der Waals surface area (Å²) >= 11 is 0. The standard InChI is InChI=1S/C14H25NO2/c1-14(2,3)17-13(16)12-9-6-10-15(12)11-7-4-5-8-11/h11-12H,4-10H2,1-3H3/t12-/m1/s1. The summed E-state index contributed by atoms with van der Waals surface area (Å²) in [6.07, 6.45) is 7.29. The van der Waals surface area contributed by atoms with Gasteiger partial charge in [-0.25, -0.2) is 0 Å². The molecule has 0 N–H and O–H groups in total. The fourth-order valence-electron chi connectivity index (χ4n) is 3.08. The van der Waals surface area contributed by atoms with E-state index >= 15 is 0 Å². The lowest BCUT2D eigenvalue weighted by Gasteiger charge is -2.31. The second kappa shape index (κ2) is 4.97. The molecule has 2 fully saturated rings. The van der Waals surface area contributed by atoms with Gasteiger partial charge in [0.15, 0.2) is 0 Å². The quantitative estimate of drug-likeness (QED) is 0.694. The predicted octanol–water partition coefficient (Wildman–Crippen LogP) is 2.74. The molecule has 1 saturated heterocycles. The Morgan fingerprint density at radius 1 is 1.12 bits per heavy atom. The Morgan fingerprint density at radius 2 is 1.76 bits per heavy atom. The molecule has 0 spiro atoms. The molecule has 1 saturated carbocycles. The summed E-state index contributed by atoms with van der Waals surface area (Å²) in [5.41, 5.74) is -0.360. The second-order valence-electron chi connectivity index (χ2n) is 6.37. The minimum Gasteiger partial charge on any atom is -0.459 e. The highest BCUT2D eigenvalue weighted by Gasteiger charge is 2.38. The lowest BCUT2D eigenvalue weighted by atomic mass is 10.1. The molecule has 0 amide bonds. The number of carbonyl (C=O) groups excluding carboxylic acids is 1. The zero-order valence-electron chi connectivity index (χ0n) is 11.4. The molecule has 0 aromatic carbocycles. The maximum absolute atomic E-state index is 12.2. The van der Waals surface area contributed by atoms with Crippen LogP contribution in [0.1, 0.15) is 59.3 Å². The molecule has 0 aromatic heterocycles. The molecule has 3 nitrogen and oxygen atoms in total. The number of ether oxygens (including phenoxy) is 1. The van der Waals surface area contributed by atoms with Crippen LogP contribution in [0, 0.1) is 0 Å². The summed E-state index contributed by atoms with van der Waals surface area (Å²) in [6, 6.07) is 0.660. The third kappa shape index (κ3) is 3.21. The van der Waals surface area contributed by atoms with Crippen LogP contribution in [0.3, 0.4) is 0 Å². The third-order valence-corrected chi connectivity index (χ3v) is 3.77. The van der Waals surface area contributed by atoms with Crippen LogP contribution in [0.25, 0.3) is 0 Å². The van der Waals surface area contributed by atoms with Crippen molar-refractivity contribution in [2.45, 2.75) is 77.0 Å². The predicted molar refractivity (Wildman–Crippen MR) is 67.8 cm³/mol. The second-order valence-corrected chi connectivity index (χ2v) is 6.37. The molecule has 3 heteroatoms. The Hall–Kier alpha value is -0.570. The van der Waals surface area contributed by atoms with Crippen LogP contribution in [0.4, 0.5) is 0 Å². The van der Waals surface area contributed by atoms with Gasteiger partial charge in [0.25, 0.3) is 0 Å². The first-order valence-corrected chi connectivity index (χ1v) is 6.96. The van der Waals surface area contributed by atoms with Gasteiger partial charge >= 0.3 is 5.97 Å². The van der Waals surface area contributed by atoms with E-state index in [-0.39, 0.29) is 17.6 Å². The van der Waals surface area contributed by atoms with Gasteiger partial charge in [0.2, 0.25) is 0 Å². The molecule has 2 aliphatic rings. The normalized spacial score (nSPS) is 27.6. The van der Waals surface area contributed by atoms with E-state index in [1.165, 1.54) is 25.7 Å². The number of likely N-dealkylation sites (tertiary alicyclic amines) is 1. The van der Waals surface area contributed by atoms with Gasteiger partial charge in [-0.05, 0) is 53.0 Å². The van der Waals surface area contributed by atoms with Crippen molar-refractivity contribution >= 4 is 5.97 Å². The Bertz CT molecular complexity index is 276. The van der Waals surface area contributed by atoms with Crippen LogP contribution in [0.15, 0.2) is 0 Å². The molecule has 0 bridgehead atoms. The van der Waals surface area contributed by atoms with E-state index in [1.54, 1.807) is 0 Å². The van der Waals surface area contributed by atoms with E-state index in [2.05, 4.69) is 4.90 Å². The molecule has 1 aliphatic heterocycles. The molecular formula is C14H25NO2. The average molecular weight is 239 g/mol. The van der Waals surface area contributed by atoms with E-state index in [0.29, 0.717) is 6.04 Å². The highest BCUT2D eigenvalue weighted by atomic mass is 16.6. The van der Waals surface area contributed by atoms with Crippen LogP contribution < -0.4 is 0 Å². The molecule has 0 aromatic rings. The Balaban J connectivity index is 1.96. The maximum Gasteiger partial charge on any atom is 0.323 e. The van der Waals surface area contributed by atoms with Gasteiger partial charge in [0.05, 0.1) is 0 Å². The van der Waals surface area contributed by atoms with Crippen LogP contribution in [0.2, 0.25) is 0 Å². The van der Waals surface area contributed by atoms with Crippen molar-refractivity contribution in [3.05, 3.63) is 0 Å². The first-order chi connectivity index (χ1) is 7.97. The van der Waals surface area contributed by atoms with Gasteiger partial charge < -0.3 is 4.74 Å². The summed E-state index contributed by atoms with van der Waals surface area (Å²) in [7, 11) is 0. The summed E-state index contributed by atoms with van der Waals surface area (Å²) in [5, 5.41) is 0. The smallest absolute Gasteiger partial charge is 0.323 e. The van der Waals surface area contributed by atoms with Crippen molar-refractivity contribution in [1.29, 1.82) is 0 Å². The first kappa shape index (κ1) is 12.9. The zero-order chi connectivity index (χ0) is 12.5. The van der Waals surface area contributed by atoms with E-state index in [4.69, 9.17) is 4.74 Å². The monoisotopic (exact) mass is 239 g/mol. The van der Waals surface area contributed by atoms with Crippen LogP contribution in [-0.2, 0) is 9.53 Å². The average Bonchev–Trinajstić information content (AvgIpc) is 2.85. The number of rotatable bonds is 2. The maximum atomic E-state index is 12.2. The fraction of sp³-hybridized carbons (Fsp3) is 0.929. The largest absolute Gasteiger partial charge is 0.459 e. The van der Waals surface area contributed by atoms with Crippen LogP contribution >= 0.6 is 0 Å². The zero-order valence-corrected chi connectivity index (χ0v) is 11.4. The lowest BCUT2D eigenvalue weighted by molar-refractivity contribution is -0.161. The van der Waals surface area contributed by atoms with E-state index < -0.39 is 0 Å². The molecule has 17 heavy (non-hydrogen) atoms. The summed E-state index contributed by atoms with van der Waals surface area (Å²) in [5.74, 6) is -0.0121. The summed E-state index contributed by atoms with van der Waals surface area (Å²) in [4.78, 5) is 14.6. The SMILES string of the molecule is CC(C)(C)OC(=O)[C@H]1CCCN1C1CCCC1. The van der Waals surface area contributed by atoms with Crippen molar-refractivity contribution in [3.8, 4) is 0 Å². The van der Waals surface area contributed by atoms with Crippen molar-refractivity contribution in [2.75, 3.05) is 6.54 Å². The highest BCUT2D eigenvalue weighted by molar-refractivity contribution is 5.76. The van der Waals surface area contributed by atoms with Crippen molar-refractivity contribution in [2.24, 2.45) is 0 Å². The Kier molecular flexibility index (Phi) is 3.76. The van der Waals surface area contributed by atoms with Crippen molar-refractivity contribution < 1.29 is 9.53 Å². The number of nitrogens with zero attached hydrogens (tertiary/aromatic N) is 1. The van der Waals surface area contributed by atoms with Gasteiger partial charge in [-0.3, -0.25) is 9.69 Å². The van der Waals surface area contributed by atoms with Gasteiger partial charge in [-0.1, -0.05) is 12.8 Å². The number of carbonyl (C=O) groups is 1. The number of esters is 1. The fourth-order valence-corrected chi connectivity index (χ4v) is 3.08. The minimum atomic E-state index is -0.360. The summed E-state index contributed by atoms with van der Waals surface area (Å²) in [6.45, 7) is 6.91. The third-order valence-electron chi connectivity index (χ3n) is 3.77. The molecule has 98 valence electrons. The van der Waals surface area contributed by atoms with Crippen molar-refractivity contribution in [3.63, 3.8) is 0 Å². The molecule has 1 aliphatic carbocycles. The number of hydrogen-bond donors (Lipinski definition) is 0. The van der Waals surface area contributed by atoms with Gasteiger partial charge in [0, 0.05) is 6.04 Å². The Labute approximate surface area is 105 Å². The topological polar surface area (TPSA) is 29.5 Å². The van der Waals surface area contributed by atoms with Gasteiger partial charge in [0.1, 0.15) is 11.6 Å². The highest BCUT2D eigenvalue weighted by Crippen LogP contribution is 2.31. The van der Waals surface area contributed by atoms with E-state index in [1.807, 2.05) is 20.8 Å². The molecule has 2 rings (SSSR count). The van der Waals surface area contributed by atoms with E-state index in [9.17, 15) is 4.79 Å².